The third-order valence-electron chi connectivity index (χ3n) is 3.77. The quantitative estimate of drug-likeness (QED) is 0.721. The molecule has 2 rings (SSSR count). The molecule has 2 aromatic carbocycles. The highest BCUT2D eigenvalue weighted by Gasteiger charge is 2.44. The van der Waals surface area contributed by atoms with Crippen LogP contribution in [-0.2, 0) is 31.9 Å². The first-order valence-corrected chi connectivity index (χ1v) is 9.43. The number of alkyl halides is 3. The highest BCUT2D eigenvalue weighted by molar-refractivity contribution is 7.87. The van der Waals surface area contributed by atoms with E-state index in [1.54, 1.807) is 0 Å². The molecular formula is C18H18F3NO4S. The predicted molar refractivity (Wildman–Crippen MR) is 92.2 cm³/mol. The van der Waals surface area contributed by atoms with Crippen LogP contribution in [0.25, 0.3) is 0 Å². The van der Waals surface area contributed by atoms with Gasteiger partial charge in [-0.2, -0.15) is 21.6 Å². The average molecular weight is 401 g/mol. The first-order valence-electron chi connectivity index (χ1n) is 8.02. The zero-order valence-electron chi connectivity index (χ0n) is 14.1. The molecule has 0 bridgehead atoms. The smallest absolute Gasteiger partial charge is 0.334 e. The van der Waals surface area contributed by atoms with Crippen molar-refractivity contribution in [1.29, 1.82) is 0 Å². The molecule has 0 saturated carbocycles. The molecule has 0 amide bonds. The Morgan fingerprint density at radius 2 is 1.59 bits per heavy atom. The molecule has 0 aliphatic heterocycles. The third kappa shape index (κ3) is 6.37. The summed E-state index contributed by atoms with van der Waals surface area (Å²) in [6.07, 6.45) is -3.48. The number of rotatable bonds is 7. The van der Waals surface area contributed by atoms with Gasteiger partial charge in [-0.1, -0.05) is 42.5 Å². The molecule has 0 fully saturated rings. The average Bonchev–Trinajstić information content (AvgIpc) is 2.60. The standard InChI is InChI=1S/C18H18F3NO4S/c19-18(20,21)17(23)26-27(24,25)16-10-7-13(8-11-16)6-9-15(22)12-14-4-2-1-3-5-14/h1-5,7-8,10-11,15H,6,9,12,22H2/t15-/m1/s1. The summed E-state index contributed by atoms with van der Waals surface area (Å²) in [6, 6.07) is 14.7. The number of halogens is 3. The summed E-state index contributed by atoms with van der Waals surface area (Å²) in [4.78, 5) is 10.2. The molecule has 0 aliphatic rings. The number of benzene rings is 2. The molecule has 146 valence electrons. The van der Waals surface area contributed by atoms with Crippen molar-refractivity contribution < 1.29 is 30.6 Å². The van der Waals surface area contributed by atoms with E-state index < -0.39 is 27.2 Å². The Hall–Kier alpha value is -2.39. The van der Waals surface area contributed by atoms with E-state index in [-0.39, 0.29) is 6.04 Å². The van der Waals surface area contributed by atoms with Crippen LogP contribution in [0.3, 0.4) is 0 Å². The highest BCUT2D eigenvalue weighted by Crippen LogP contribution is 2.21. The van der Waals surface area contributed by atoms with E-state index in [1.807, 2.05) is 30.3 Å². The Bertz CT molecular complexity index is 866. The topological polar surface area (TPSA) is 86.5 Å². The molecule has 2 aromatic rings. The first kappa shape index (κ1) is 20.9. The minimum absolute atomic E-state index is 0.0939. The SMILES string of the molecule is N[C@H](CCc1ccc(S(=O)(=O)OC(=O)C(F)(F)F)cc1)Cc1ccccc1. The molecule has 9 heteroatoms. The van der Waals surface area contributed by atoms with Crippen LogP contribution in [0, 0.1) is 0 Å². The molecule has 27 heavy (non-hydrogen) atoms. The van der Waals surface area contributed by atoms with Crippen molar-refractivity contribution >= 4 is 16.1 Å². The number of carbonyl (C=O) groups excluding carboxylic acids is 1. The Morgan fingerprint density at radius 3 is 2.15 bits per heavy atom. The van der Waals surface area contributed by atoms with Gasteiger partial charge in [-0.25, -0.2) is 4.79 Å². The largest absolute Gasteiger partial charge is 0.492 e. The maximum atomic E-state index is 12.1. The van der Waals surface area contributed by atoms with Crippen LogP contribution in [0.4, 0.5) is 13.2 Å². The lowest BCUT2D eigenvalue weighted by Gasteiger charge is -2.12. The molecule has 0 aliphatic carbocycles. The Labute approximate surface area is 155 Å². The molecule has 0 saturated heterocycles. The van der Waals surface area contributed by atoms with Crippen molar-refractivity contribution in [3.8, 4) is 0 Å². The highest BCUT2D eigenvalue weighted by atomic mass is 32.2. The summed E-state index contributed by atoms with van der Waals surface area (Å²) >= 11 is 0. The van der Waals surface area contributed by atoms with Crippen LogP contribution >= 0.6 is 0 Å². The fourth-order valence-corrected chi connectivity index (χ4v) is 3.25. The Kier molecular flexibility index (Phi) is 6.61. The van der Waals surface area contributed by atoms with E-state index in [4.69, 9.17) is 5.73 Å². The molecule has 2 N–H and O–H groups in total. The second-order valence-corrected chi connectivity index (χ2v) is 7.50. The molecule has 0 spiro atoms. The number of hydrogen-bond acceptors (Lipinski definition) is 5. The summed E-state index contributed by atoms with van der Waals surface area (Å²) in [6.45, 7) is 0. The van der Waals surface area contributed by atoms with Gasteiger partial charge in [0.25, 0.3) is 0 Å². The van der Waals surface area contributed by atoms with Gasteiger partial charge in [-0.15, -0.1) is 0 Å². The monoisotopic (exact) mass is 401 g/mol. The third-order valence-corrected chi connectivity index (χ3v) is 4.99. The van der Waals surface area contributed by atoms with Gasteiger partial charge in [-0.3, -0.25) is 0 Å². The van der Waals surface area contributed by atoms with Gasteiger partial charge in [0.1, 0.15) is 4.90 Å². The van der Waals surface area contributed by atoms with Crippen molar-refractivity contribution in [3.63, 3.8) is 0 Å². The summed E-state index contributed by atoms with van der Waals surface area (Å²) in [5, 5.41) is 0. The summed E-state index contributed by atoms with van der Waals surface area (Å²) in [7, 11) is -4.83. The fourth-order valence-electron chi connectivity index (χ4n) is 2.39. The Balaban J connectivity index is 1.93. The number of hydrogen-bond donors (Lipinski definition) is 1. The van der Waals surface area contributed by atoms with Crippen LogP contribution in [-0.4, -0.2) is 26.6 Å². The second kappa shape index (κ2) is 8.53. The molecule has 0 unspecified atom stereocenters. The molecule has 1 atom stereocenters. The van der Waals surface area contributed by atoms with Crippen LogP contribution in [0.1, 0.15) is 17.5 Å². The van der Waals surface area contributed by atoms with Crippen LogP contribution in [0.2, 0.25) is 0 Å². The summed E-state index contributed by atoms with van der Waals surface area (Å²) in [5.41, 5.74) is 7.96. The van der Waals surface area contributed by atoms with Crippen molar-refractivity contribution in [2.24, 2.45) is 5.73 Å². The lowest BCUT2D eigenvalue weighted by atomic mass is 10.00. The first-order chi connectivity index (χ1) is 12.6. The molecule has 0 aromatic heterocycles. The van der Waals surface area contributed by atoms with Gasteiger partial charge in [0, 0.05) is 6.04 Å². The van der Waals surface area contributed by atoms with Crippen molar-refractivity contribution in [3.05, 3.63) is 65.7 Å². The maximum absolute atomic E-state index is 12.1. The molecule has 0 radical (unpaired) electrons. The van der Waals surface area contributed by atoms with Gasteiger partial charge in [-0.05, 0) is 42.5 Å². The van der Waals surface area contributed by atoms with E-state index in [2.05, 4.69) is 4.18 Å². The maximum Gasteiger partial charge on any atom is 0.492 e. The summed E-state index contributed by atoms with van der Waals surface area (Å²) in [5.74, 6) is -2.78. The Morgan fingerprint density at radius 1 is 1.00 bits per heavy atom. The molecule has 5 nitrogen and oxygen atoms in total. The van der Waals surface area contributed by atoms with Crippen molar-refractivity contribution in [2.45, 2.75) is 36.4 Å². The minimum Gasteiger partial charge on any atom is -0.334 e. The van der Waals surface area contributed by atoms with Crippen molar-refractivity contribution in [2.75, 3.05) is 0 Å². The molecule has 0 heterocycles. The normalized spacial score (nSPS) is 13.2. The van der Waals surface area contributed by atoms with E-state index in [9.17, 15) is 26.4 Å². The van der Waals surface area contributed by atoms with Crippen LogP contribution in [0.5, 0.6) is 0 Å². The van der Waals surface area contributed by atoms with Crippen LogP contribution in [0.15, 0.2) is 59.5 Å². The lowest BCUT2D eigenvalue weighted by Crippen LogP contribution is -2.28. The predicted octanol–water partition coefficient (Wildman–Crippen LogP) is 2.98. The fraction of sp³-hybridized carbons (Fsp3) is 0.278. The van der Waals surface area contributed by atoms with Gasteiger partial charge in [0.15, 0.2) is 0 Å². The van der Waals surface area contributed by atoms with E-state index >= 15 is 0 Å². The minimum atomic E-state index is -5.39. The molecular weight excluding hydrogens is 383 g/mol. The van der Waals surface area contributed by atoms with E-state index in [1.165, 1.54) is 12.1 Å². The summed E-state index contributed by atoms with van der Waals surface area (Å²) < 4.78 is 63.4. The van der Waals surface area contributed by atoms with Crippen molar-refractivity contribution in [1.82, 2.24) is 0 Å². The second-order valence-electron chi connectivity index (χ2n) is 5.96. The zero-order valence-corrected chi connectivity index (χ0v) is 15.0. The van der Waals surface area contributed by atoms with Gasteiger partial charge >= 0.3 is 22.3 Å². The number of nitrogens with two attached hydrogens (primary N) is 1. The van der Waals surface area contributed by atoms with E-state index in [0.717, 1.165) is 23.3 Å². The lowest BCUT2D eigenvalue weighted by molar-refractivity contribution is -0.189. The number of aryl methyl sites for hydroxylation is 1. The van der Waals surface area contributed by atoms with Gasteiger partial charge < -0.3 is 9.92 Å². The van der Waals surface area contributed by atoms with Crippen LogP contribution < -0.4 is 5.73 Å². The number of carbonyl (C=O) groups is 1. The van der Waals surface area contributed by atoms with E-state index in [0.29, 0.717) is 19.3 Å². The zero-order chi connectivity index (χ0) is 20.1. The van der Waals surface area contributed by atoms with Gasteiger partial charge in [0.2, 0.25) is 0 Å². The van der Waals surface area contributed by atoms with Gasteiger partial charge in [0.05, 0.1) is 0 Å².